The molecule has 0 aromatic heterocycles. The van der Waals surface area contributed by atoms with Gasteiger partial charge in [0, 0.05) is 13.0 Å². The van der Waals surface area contributed by atoms with Crippen molar-refractivity contribution in [3.63, 3.8) is 0 Å². The standard InChI is InChI=1S/C8H13NO2/c10-7-2-4-8(11-7)3-1-5-9-6-8/h9H,1-6H2. The topological polar surface area (TPSA) is 38.3 Å². The van der Waals surface area contributed by atoms with E-state index in [1.807, 2.05) is 0 Å². The molecule has 0 aliphatic carbocycles. The molecule has 2 saturated heterocycles. The van der Waals surface area contributed by atoms with Crippen LogP contribution in [0.2, 0.25) is 0 Å². The number of ether oxygens (including phenoxy) is 1. The quantitative estimate of drug-likeness (QED) is 0.516. The van der Waals surface area contributed by atoms with Crippen molar-refractivity contribution >= 4 is 5.97 Å². The Labute approximate surface area is 66.1 Å². The van der Waals surface area contributed by atoms with Crippen LogP contribution in [0.4, 0.5) is 0 Å². The molecule has 2 fully saturated rings. The van der Waals surface area contributed by atoms with E-state index in [0.29, 0.717) is 6.42 Å². The molecule has 1 unspecified atom stereocenters. The summed E-state index contributed by atoms with van der Waals surface area (Å²) >= 11 is 0. The first-order valence-corrected chi connectivity index (χ1v) is 4.23. The van der Waals surface area contributed by atoms with Crippen LogP contribution in [-0.4, -0.2) is 24.7 Å². The number of hydrogen-bond donors (Lipinski definition) is 1. The highest BCUT2D eigenvalue weighted by Gasteiger charge is 2.40. The normalized spacial score (nSPS) is 37.6. The fraction of sp³-hybridized carbons (Fsp3) is 0.875. The minimum absolute atomic E-state index is 0.0197. The molecule has 1 spiro atoms. The Balaban J connectivity index is 2.03. The number of carbonyl (C=O) groups is 1. The molecule has 0 radical (unpaired) electrons. The molecule has 3 heteroatoms. The SMILES string of the molecule is O=C1CCC2(CCCNC2)O1. The highest BCUT2D eigenvalue weighted by Crippen LogP contribution is 2.32. The van der Waals surface area contributed by atoms with Crippen molar-refractivity contribution in [2.24, 2.45) is 0 Å². The summed E-state index contributed by atoms with van der Waals surface area (Å²) in [6.07, 6.45) is 3.71. The zero-order chi connectivity index (χ0) is 7.73. The first kappa shape index (κ1) is 7.10. The Morgan fingerprint density at radius 1 is 1.45 bits per heavy atom. The number of piperidine rings is 1. The lowest BCUT2D eigenvalue weighted by Crippen LogP contribution is -2.45. The summed E-state index contributed by atoms with van der Waals surface area (Å²) in [6, 6.07) is 0. The highest BCUT2D eigenvalue weighted by molar-refractivity contribution is 5.72. The average molecular weight is 155 g/mol. The summed E-state index contributed by atoms with van der Waals surface area (Å²) in [5, 5.41) is 3.26. The van der Waals surface area contributed by atoms with Crippen LogP contribution in [-0.2, 0) is 9.53 Å². The summed E-state index contributed by atoms with van der Waals surface area (Å²) in [5.41, 5.74) is -0.116. The van der Waals surface area contributed by atoms with Crippen LogP contribution in [0.5, 0.6) is 0 Å². The molecule has 3 nitrogen and oxygen atoms in total. The van der Waals surface area contributed by atoms with Gasteiger partial charge in [0.05, 0.1) is 0 Å². The predicted molar refractivity (Wildman–Crippen MR) is 40.2 cm³/mol. The van der Waals surface area contributed by atoms with Crippen LogP contribution in [0.15, 0.2) is 0 Å². The Hall–Kier alpha value is -0.570. The van der Waals surface area contributed by atoms with Crippen molar-refractivity contribution in [1.29, 1.82) is 0 Å². The maximum absolute atomic E-state index is 10.9. The summed E-state index contributed by atoms with van der Waals surface area (Å²) in [5.74, 6) is -0.0197. The number of hydrogen-bond acceptors (Lipinski definition) is 3. The fourth-order valence-electron chi connectivity index (χ4n) is 1.91. The molecule has 0 saturated carbocycles. The molecule has 0 aromatic rings. The van der Waals surface area contributed by atoms with E-state index in [2.05, 4.69) is 5.32 Å². The van der Waals surface area contributed by atoms with E-state index in [0.717, 1.165) is 32.4 Å². The maximum Gasteiger partial charge on any atom is 0.306 e. The van der Waals surface area contributed by atoms with Gasteiger partial charge in [-0.3, -0.25) is 4.79 Å². The number of rotatable bonds is 0. The lowest BCUT2D eigenvalue weighted by Gasteiger charge is -2.31. The average Bonchev–Trinajstić information content (AvgIpc) is 2.34. The molecular formula is C8H13NO2. The second-order valence-corrected chi connectivity index (χ2v) is 3.44. The summed E-state index contributed by atoms with van der Waals surface area (Å²) in [6.45, 7) is 1.93. The molecule has 2 aliphatic rings. The molecule has 0 aromatic carbocycles. The van der Waals surface area contributed by atoms with Gasteiger partial charge < -0.3 is 10.1 Å². The molecule has 0 bridgehead atoms. The maximum atomic E-state index is 10.9. The van der Waals surface area contributed by atoms with Crippen LogP contribution in [0.3, 0.4) is 0 Å². The van der Waals surface area contributed by atoms with E-state index < -0.39 is 0 Å². The molecule has 11 heavy (non-hydrogen) atoms. The summed E-state index contributed by atoms with van der Waals surface area (Å²) < 4.78 is 5.29. The van der Waals surface area contributed by atoms with Crippen molar-refractivity contribution < 1.29 is 9.53 Å². The second kappa shape index (κ2) is 2.48. The van der Waals surface area contributed by atoms with E-state index >= 15 is 0 Å². The van der Waals surface area contributed by atoms with Gasteiger partial charge in [-0.25, -0.2) is 0 Å². The second-order valence-electron chi connectivity index (χ2n) is 3.44. The molecule has 0 amide bonds. The zero-order valence-electron chi connectivity index (χ0n) is 6.56. The summed E-state index contributed by atoms with van der Waals surface area (Å²) in [4.78, 5) is 10.9. The van der Waals surface area contributed by atoms with E-state index in [9.17, 15) is 4.79 Å². The van der Waals surface area contributed by atoms with Gasteiger partial charge in [0.2, 0.25) is 0 Å². The molecule has 2 aliphatic heterocycles. The Morgan fingerprint density at radius 2 is 2.36 bits per heavy atom. The lowest BCUT2D eigenvalue weighted by atomic mass is 9.91. The monoisotopic (exact) mass is 155 g/mol. The Kier molecular flexibility index (Phi) is 1.60. The van der Waals surface area contributed by atoms with Crippen LogP contribution in [0.25, 0.3) is 0 Å². The van der Waals surface area contributed by atoms with Crippen molar-refractivity contribution in [2.75, 3.05) is 13.1 Å². The molecule has 1 atom stereocenters. The Bertz CT molecular complexity index is 173. The van der Waals surface area contributed by atoms with Gasteiger partial charge in [0.25, 0.3) is 0 Å². The first-order valence-electron chi connectivity index (χ1n) is 4.23. The van der Waals surface area contributed by atoms with Gasteiger partial charge in [-0.1, -0.05) is 0 Å². The third kappa shape index (κ3) is 1.25. The molecule has 2 rings (SSSR count). The molecule has 2 heterocycles. The molecule has 62 valence electrons. The third-order valence-corrected chi connectivity index (χ3v) is 2.55. The van der Waals surface area contributed by atoms with Crippen LogP contribution < -0.4 is 5.32 Å². The van der Waals surface area contributed by atoms with Gasteiger partial charge in [0.15, 0.2) is 0 Å². The lowest BCUT2D eigenvalue weighted by molar-refractivity contribution is -0.149. The van der Waals surface area contributed by atoms with Gasteiger partial charge >= 0.3 is 5.97 Å². The highest BCUT2D eigenvalue weighted by atomic mass is 16.6. The fourth-order valence-corrected chi connectivity index (χ4v) is 1.91. The number of esters is 1. The van der Waals surface area contributed by atoms with E-state index in [1.165, 1.54) is 0 Å². The van der Waals surface area contributed by atoms with E-state index in [4.69, 9.17) is 4.74 Å². The van der Waals surface area contributed by atoms with E-state index in [-0.39, 0.29) is 11.6 Å². The van der Waals surface area contributed by atoms with Crippen LogP contribution in [0, 0.1) is 0 Å². The van der Waals surface area contributed by atoms with E-state index in [1.54, 1.807) is 0 Å². The van der Waals surface area contributed by atoms with Crippen LogP contribution in [0.1, 0.15) is 25.7 Å². The van der Waals surface area contributed by atoms with Crippen molar-refractivity contribution in [2.45, 2.75) is 31.3 Å². The van der Waals surface area contributed by atoms with Crippen molar-refractivity contribution in [3.05, 3.63) is 0 Å². The Morgan fingerprint density at radius 3 is 2.91 bits per heavy atom. The molecule has 1 N–H and O–H groups in total. The minimum atomic E-state index is -0.116. The minimum Gasteiger partial charge on any atom is -0.458 e. The number of carbonyl (C=O) groups excluding carboxylic acids is 1. The first-order chi connectivity index (χ1) is 5.31. The summed E-state index contributed by atoms with van der Waals surface area (Å²) in [7, 11) is 0. The predicted octanol–water partition coefficient (Wildman–Crippen LogP) is 0.446. The van der Waals surface area contributed by atoms with Gasteiger partial charge in [0.1, 0.15) is 5.60 Å². The zero-order valence-corrected chi connectivity index (χ0v) is 6.56. The molecular weight excluding hydrogens is 142 g/mol. The smallest absolute Gasteiger partial charge is 0.306 e. The van der Waals surface area contributed by atoms with Gasteiger partial charge in [-0.15, -0.1) is 0 Å². The van der Waals surface area contributed by atoms with Crippen molar-refractivity contribution in [3.8, 4) is 0 Å². The van der Waals surface area contributed by atoms with Crippen LogP contribution >= 0.6 is 0 Å². The van der Waals surface area contributed by atoms with Gasteiger partial charge in [-0.2, -0.15) is 0 Å². The third-order valence-electron chi connectivity index (χ3n) is 2.55. The van der Waals surface area contributed by atoms with Gasteiger partial charge in [-0.05, 0) is 25.8 Å². The number of nitrogens with one attached hydrogen (secondary N) is 1. The largest absolute Gasteiger partial charge is 0.458 e. The van der Waals surface area contributed by atoms with Crippen molar-refractivity contribution in [1.82, 2.24) is 5.32 Å².